The molecule has 19 heavy (non-hydrogen) atoms. The third-order valence-electron chi connectivity index (χ3n) is 2.98. The maximum absolute atomic E-state index is 4.42. The Kier molecular flexibility index (Phi) is 4.93. The Labute approximate surface area is 115 Å². The van der Waals surface area contributed by atoms with Gasteiger partial charge in [-0.05, 0) is 31.7 Å². The predicted octanol–water partition coefficient (Wildman–Crippen LogP) is 2.93. The molecule has 0 radical (unpaired) electrons. The Morgan fingerprint density at radius 2 is 1.84 bits per heavy atom. The molecule has 0 saturated heterocycles. The molecule has 0 saturated carbocycles. The van der Waals surface area contributed by atoms with Crippen LogP contribution in [0.3, 0.4) is 0 Å². The van der Waals surface area contributed by atoms with Gasteiger partial charge in [0.15, 0.2) is 0 Å². The van der Waals surface area contributed by atoms with E-state index in [1.807, 2.05) is 25.1 Å². The number of likely N-dealkylation sites (N-methyl/N-ethyl adjacent to an activating group) is 1. The van der Waals surface area contributed by atoms with Crippen LogP contribution in [0.1, 0.15) is 11.3 Å². The molecule has 0 amide bonds. The summed E-state index contributed by atoms with van der Waals surface area (Å²) in [5.74, 6) is 0.952. The van der Waals surface area contributed by atoms with Crippen LogP contribution in [0.5, 0.6) is 0 Å². The van der Waals surface area contributed by atoms with Crippen molar-refractivity contribution in [1.82, 2.24) is 9.88 Å². The first-order chi connectivity index (χ1) is 9.24. The van der Waals surface area contributed by atoms with Gasteiger partial charge in [0.05, 0.1) is 0 Å². The fourth-order valence-electron chi connectivity index (χ4n) is 1.99. The van der Waals surface area contributed by atoms with Crippen molar-refractivity contribution in [3.63, 3.8) is 0 Å². The number of aromatic nitrogens is 1. The number of anilines is 1. The van der Waals surface area contributed by atoms with Gasteiger partial charge in [0.1, 0.15) is 5.82 Å². The highest BCUT2D eigenvalue weighted by Gasteiger charge is 2.00. The smallest absolute Gasteiger partial charge is 0.126 e. The summed E-state index contributed by atoms with van der Waals surface area (Å²) in [6.45, 7) is 4.88. The molecule has 1 aromatic heterocycles. The van der Waals surface area contributed by atoms with Gasteiger partial charge in [-0.2, -0.15) is 0 Å². The first-order valence-electron chi connectivity index (χ1n) is 6.64. The van der Waals surface area contributed by atoms with E-state index in [1.54, 1.807) is 0 Å². The Morgan fingerprint density at radius 1 is 1.05 bits per heavy atom. The molecule has 0 aliphatic heterocycles. The topological polar surface area (TPSA) is 28.2 Å². The monoisotopic (exact) mass is 255 g/mol. The van der Waals surface area contributed by atoms with E-state index >= 15 is 0 Å². The highest BCUT2D eigenvalue weighted by Crippen LogP contribution is 2.04. The van der Waals surface area contributed by atoms with Gasteiger partial charge in [0, 0.05) is 25.3 Å². The summed E-state index contributed by atoms with van der Waals surface area (Å²) in [5.41, 5.74) is 2.39. The van der Waals surface area contributed by atoms with E-state index in [0.717, 1.165) is 31.1 Å². The number of hydrogen-bond acceptors (Lipinski definition) is 3. The molecule has 0 spiro atoms. The fraction of sp³-hybridized carbons (Fsp3) is 0.312. The second-order valence-corrected chi connectivity index (χ2v) is 4.81. The molecule has 3 heteroatoms. The summed E-state index contributed by atoms with van der Waals surface area (Å²) in [6, 6.07) is 16.6. The lowest BCUT2D eigenvalue weighted by molar-refractivity contribution is 0.340. The Bertz CT molecular complexity index is 496. The van der Waals surface area contributed by atoms with Crippen molar-refractivity contribution in [3.8, 4) is 0 Å². The number of pyridine rings is 1. The second kappa shape index (κ2) is 6.90. The van der Waals surface area contributed by atoms with Crippen LogP contribution in [0.4, 0.5) is 5.82 Å². The lowest BCUT2D eigenvalue weighted by Crippen LogP contribution is -2.25. The van der Waals surface area contributed by atoms with Gasteiger partial charge in [0.25, 0.3) is 0 Å². The first-order valence-corrected chi connectivity index (χ1v) is 6.64. The van der Waals surface area contributed by atoms with Crippen molar-refractivity contribution in [1.29, 1.82) is 0 Å². The van der Waals surface area contributed by atoms with E-state index in [2.05, 4.69) is 52.6 Å². The van der Waals surface area contributed by atoms with E-state index in [9.17, 15) is 0 Å². The zero-order chi connectivity index (χ0) is 13.5. The highest BCUT2D eigenvalue weighted by atomic mass is 15.1. The standard InChI is InChI=1S/C16H21N3/c1-14-7-6-10-16(18-14)17-11-12-19(2)13-15-8-4-3-5-9-15/h3-10H,11-13H2,1-2H3,(H,17,18). The fourth-order valence-corrected chi connectivity index (χ4v) is 1.99. The Hall–Kier alpha value is -1.87. The molecular formula is C16H21N3. The van der Waals surface area contributed by atoms with Gasteiger partial charge in [-0.3, -0.25) is 0 Å². The van der Waals surface area contributed by atoms with Crippen molar-refractivity contribution in [3.05, 3.63) is 59.8 Å². The quantitative estimate of drug-likeness (QED) is 0.860. The van der Waals surface area contributed by atoms with E-state index in [1.165, 1.54) is 5.56 Å². The molecule has 2 aromatic rings. The van der Waals surface area contributed by atoms with Crippen LogP contribution in [-0.2, 0) is 6.54 Å². The van der Waals surface area contributed by atoms with Gasteiger partial charge in [-0.1, -0.05) is 36.4 Å². The second-order valence-electron chi connectivity index (χ2n) is 4.81. The van der Waals surface area contributed by atoms with Crippen molar-refractivity contribution < 1.29 is 0 Å². The largest absolute Gasteiger partial charge is 0.369 e. The van der Waals surface area contributed by atoms with Gasteiger partial charge in [-0.25, -0.2) is 4.98 Å². The van der Waals surface area contributed by atoms with E-state index in [0.29, 0.717) is 0 Å². The summed E-state index contributed by atoms with van der Waals surface area (Å²) < 4.78 is 0. The van der Waals surface area contributed by atoms with Crippen LogP contribution in [0, 0.1) is 6.92 Å². The first kappa shape index (κ1) is 13.6. The SMILES string of the molecule is Cc1cccc(NCCN(C)Cc2ccccc2)n1. The number of hydrogen-bond donors (Lipinski definition) is 1. The van der Waals surface area contributed by atoms with Crippen molar-refractivity contribution in [2.24, 2.45) is 0 Å². The summed E-state index contributed by atoms with van der Waals surface area (Å²) in [6.07, 6.45) is 0. The van der Waals surface area contributed by atoms with Gasteiger partial charge < -0.3 is 10.2 Å². The van der Waals surface area contributed by atoms with E-state index in [-0.39, 0.29) is 0 Å². The average molecular weight is 255 g/mol. The molecule has 0 unspecified atom stereocenters. The normalized spacial score (nSPS) is 10.7. The highest BCUT2D eigenvalue weighted by molar-refractivity contribution is 5.34. The maximum Gasteiger partial charge on any atom is 0.126 e. The Balaban J connectivity index is 1.73. The van der Waals surface area contributed by atoms with Crippen LogP contribution in [0.15, 0.2) is 48.5 Å². The third kappa shape index (κ3) is 4.72. The van der Waals surface area contributed by atoms with Gasteiger partial charge in [0.2, 0.25) is 0 Å². The van der Waals surface area contributed by atoms with Gasteiger partial charge in [-0.15, -0.1) is 0 Å². The van der Waals surface area contributed by atoms with Crippen molar-refractivity contribution >= 4 is 5.82 Å². The summed E-state index contributed by atoms with van der Waals surface area (Å²) in [7, 11) is 2.14. The molecule has 1 heterocycles. The van der Waals surface area contributed by atoms with Gasteiger partial charge >= 0.3 is 0 Å². The molecular weight excluding hydrogens is 234 g/mol. The van der Waals surface area contributed by atoms with Crippen molar-refractivity contribution in [2.75, 3.05) is 25.5 Å². The molecule has 1 N–H and O–H groups in total. The predicted molar refractivity (Wildman–Crippen MR) is 80.2 cm³/mol. The van der Waals surface area contributed by atoms with Crippen molar-refractivity contribution in [2.45, 2.75) is 13.5 Å². The van der Waals surface area contributed by atoms with Crippen LogP contribution in [0.2, 0.25) is 0 Å². The number of nitrogens with one attached hydrogen (secondary N) is 1. The third-order valence-corrected chi connectivity index (χ3v) is 2.98. The summed E-state index contributed by atoms with van der Waals surface area (Å²) in [5, 5.41) is 3.35. The lowest BCUT2D eigenvalue weighted by atomic mass is 10.2. The minimum atomic E-state index is 0.903. The molecule has 0 aliphatic carbocycles. The Morgan fingerprint density at radius 3 is 2.58 bits per heavy atom. The molecule has 100 valence electrons. The summed E-state index contributed by atoms with van der Waals surface area (Å²) in [4.78, 5) is 6.73. The molecule has 0 fully saturated rings. The lowest BCUT2D eigenvalue weighted by Gasteiger charge is -2.17. The number of aryl methyl sites for hydroxylation is 1. The van der Waals surface area contributed by atoms with Crippen LogP contribution in [0.25, 0.3) is 0 Å². The zero-order valence-electron chi connectivity index (χ0n) is 11.6. The average Bonchev–Trinajstić information content (AvgIpc) is 2.40. The van der Waals surface area contributed by atoms with E-state index in [4.69, 9.17) is 0 Å². The minimum absolute atomic E-state index is 0.903. The van der Waals surface area contributed by atoms with Crippen LogP contribution in [-0.4, -0.2) is 30.0 Å². The molecule has 0 bridgehead atoms. The summed E-state index contributed by atoms with van der Waals surface area (Å²) >= 11 is 0. The minimum Gasteiger partial charge on any atom is -0.369 e. The van der Waals surface area contributed by atoms with Crippen LogP contribution < -0.4 is 5.32 Å². The number of rotatable bonds is 6. The molecule has 2 rings (SSSR count). The number of nitrogens with zero attached hydrogens (tertiary/aromatic N) is 2. The molecule has 0 aliphatic rings. The number of benzene rings is 1. The maximum atomic E-state index is 4.42. The zero-order valence-corrected chi connectivity index (χ0v) is 11.6. The molecule has 1 aromatic carbocycles. The van der Waals surface area contributed by atoms with Crippen LogP contribution >= 0.6 is 0 Å². The van der Waals surface area contributed by atoms with E-state index < -0.39 is 0 Å². The molecule has 3 nitrogen and oxygen atoms in total. The molecule has 0 atom stereocenters.